The van der Waals surface area contributed by atoms with Crippen LogP contribution in [0, 0.1) is 6.92 Å². The first-order chi connectivity index (χ1) is 10.1. The highest BCUT2D eigenvalue weighted by molar-refractivity contribution is 6.69. The summed E-state index contributed by atoms with van der Waals surface area (Å²) in [6.45, 7) is 1.96. The topological polar surface area (TPSA) is 30.0 Å². The number of pyridine rings is 1. The first-order valence-corrected chi connectivity index (χ1v) is 7.18. The summed E-state index contributed by atoms with van der Waals surface area (Å²) in [5.74, 6) is 0. The number of hydrogen-bond donors (Lipinski definition) is 0. The second-order valence-electron chi connectivity index (χ2n) is 4.81. The largest absolute Gasteiger partial charge is 0.275 e. The standard InChI is InChI=1S/C17H11Cl2NO/c1-10-7-8-13-12(9-10)15(18)14(17(19)21)16(20-13)11-5-3-2-4-6-11/h2-9H,1H3. The molecule has 104 valence electrons. The number of carbonyl (C=O) groups excluding carboxylic acids is 1. The lowest BCUT2D eigenvalue weighted by Gasteiger charge is -2.11. The van der Waals surface area contributed by atoms with Gasteiger partial charge in [0.1, 0.15) is 0 Å². The van der Waals surface area contributed by atoms with E-state index in [9.17, 15) is 4.79 Å². The highest BCUT2D eigenvalue weighted by Crippen LogP contribution is 2.34. The van der Waals surface area contributed by atoms with E-state index in [1.54, 1.807) is 0 Å². The fourth-order valence-corrected chi connectivity index (χ4v) is 2.88. The van der Waals surface area contributed by atoms with Crippen LogP contribution in [0.25, 0.3) is 22.2 Å². The molecule has 1 aromatic heterocycles. The van der Waals surface area contributed by atoms with Gasteiger partial charge in [-0.25, -0.2) is 4.98 Å². The third kappa shape index (κ3) is 2.53. The summed E-state index contributed by atoms with van der Waals surface area (Å²) in [6.07, 6.45) is 0. The van der Waals surface area contributed by atoms with E-state index in [2.05, 4.69) is 4.98 Å². The van der Waals surface area contributed by atoms with Gasteiger partial charge in [-0.1, -0.05) is 53.6 Å². The third-order valence-electron chi connectivity index (χ3n) is 3.32. The van der Waals surface area contributed by atoms with Gasteiger partial charge in [0.2, 0.25) is 0 Å². The monoisotopic (exact) mass is 315 g/mol. The molecule has 0 atom stereocenters. The molecule has 0 unspecified atom stereocenters. The zero-order chi connectivity index (χ0) is 15.0. The average molecular weight is 316 g/mol. The van der Waals surface area contributed by atoms with Crippen molar-refractivity contribution in [1.82, 2.24) is 4.98 Å². The van der Waals surface area contributed by atoms with E-state index in [1.807, 2.05) is 55.5 Å². The second-order valence-corrected chi connectivity index (χ2v) is 5.53. The van der Waals surface area contributed by atoms with Crippen molar-refractivity contribution in [3.8, 4) is 11.3 Å². The summed E-state index contributed by atoms with van der Waals surface area (Å²) in [5.41, 5.74) is 3.36. The van der Waals surface area contributed by atoms with E-state index >= 15 is 0 Å². The van der Waals surface area contributed by atoms with Crippen LogP contribution in [0.4, 0.5) is 0 Å². The van der Waals surface area contributed by atoms with E-state index in [4.69, 9.17) is 23.2 Å². The number of rotatable bonds is 2. The lowest BCUT2D eigenvalue weighted by molar-refractivity contribution is 0.108. The van der Waals surface area contributed by atoms with Crippen molar-refractivity contribution in [3.63, 3.8) is 0 Å². The minimum absolute atomic E-state index is 0.252. The van der Waals surface area contributed by atoms with Crippen LogP contribution in [-0.4, -0.2) is 10.2 Å². The summed E-state index contributed by atoms with van der Waals surface area (Å²) >= 11 is 12.2. The SMILES string of the molecule is Cc1ccc2nc(-c3ccccc3)c(C(=O)Cl)c(Cl)c2c1. The molecule has 1 heterocycles. The summed E-state index contributed by atoms with van der Waals surface area (Å²) in [5, 5.41) is 0.484. The number of hydrogen-bond acceptors (Lipinski definition) is 2. The molecule has 0 aliphatic heterocycles. The predicted molar refractivity (Wildman–Crippen MR) is 87.1 cm³/mol. The quantitative estimate of drug-likeness (QED) is 0.605. The average Bonchev–Trinajstić information content (AvgIpc) is 2.48. The van der Waals surface area contributed by atoms with Gasteiger partial charge in [0, 0.05) is 10.9 Å². The van der Waals surface area contributed by atoms with Crippen molar-refractivity contribution < 1.29 is 4.79 Å². The molecule has 0 radical (unpaired) electrons. The van der Waals surface area contributed by atoms with Crippen molar-refractivity contribution in [2.75, 3.05) is 0 Å². The van der Waals surface area contributed by atoms with Crippen LogP contribution < -0.4 is 0 Å². The zero-order valence-electron chi connectivity index (χ0n) is 11.2. The first-order valence-electron chi connectivity index (χ1n) is 6.43. The normalized spacial score (nSPS) is 10.8. The minimum atomic E-state index is -0.602. The Morgan fingerprint density at radius 1 is 1.10 bits per heavy atom. The Labute approximate surface area is 132 Å². The molecule has 0 fully saturated rings. The smallest absolute Gasteiger partial charge is 0.256 e. The molecule has 0 saturated carbocycles. The maximum atomic E-state index is 11.8. The predicted octanol–water partition coefficient (Wildman–Crippen LogP) is 5.24. The molecule has 4 heteroatoms. The number of aryl methyl sites for hydroxylation is 1. The van der Waals surface area contributed by atoms with Crippen LogP contribution in [0.1, 0.15) is 15.9 Å². The fourth-order valence-electron chi connectivity index (χ4n) is 2.32. The molecule has 0 aliphatic carbocycles. The molecule has 21 heavy (non-hydrogen) atoms. The number of nitrogens with zero attached hydrogens (tertiary/aromatic N) is 1. The lowest BCUT2D eigenvalue weighted by atomic mass is 10.0. The van der Waals surface area contributed by atoms with Crippen molar-refractivity contribution in [1.29, 1.82) is 0 Å². The summed E-state index contributed by atoms with van der Waals surface area (Å²) in [6, 6.07) is 15.2. The Bertz CT molecular complexity index is 844. The maximum Gasteiger partial charge on any atom is 0.256 e. The Hall–Kier alpha value is -1.90. The van der Waals surface area contributed by atoms with Gasteiger partial charge in [-0.15, -0.1) is 0 Å². The van der Waals surface area contributed by atoms with Crippen LogP contribution in [0.15, 0.2) is 48.5 Å². The van der Waals surface area contributed by atoms with Gasteiger partial charge in [0.25, 0.3) is 5.24 Å². The van der Waals surface area contributed by atoms with Gasteiger partial charge in [-0.3, -0.25) is 4.79 Å². The second kappa shape index (κ2) is 5.47. The highest BCUT2D eigenvalue weighted by atomic mass is 35.5. The Morgan fingerprint density at radius 3 is 2.48 bits per heavy atom. The molecule has 0 amide bonds. The molecule has 0 saturated heterocycles. The lowest BCUT2D eigenvalue weighted by Crippen LogP contribution is -2.00. The molecule has 0 N–H and O–H groups in total. The van der Waals surface area contributed by atoms with Crippen molar-refractivity contribution >= 4 is 39.3 Å². The first kappa shape index (κ1) is 14.1. The van der Waals surface area contributed by atoms with Gasteiger partial charge in [-0.2, -0.15) is 0 Å². The van der Waals surface area contributed by atoms with E-state index in [0.29, 0.717) is 10.7 Å². The molecular weight excluding hydrogens is 305 g/mol. The summed E-state index contributed by atoms with van der Waals surface area (Å²) in [7, 11) is 0. The van der Waals surface area contributed by atoms with E-state index in [-0.39, 0.29) is 5.56 Å². The van der Waals surface area contributed by atoms with Crippen LogP contribution in [0.3, 0.4) is 0 Å². The van der Waals surface area contributed by atoms with Crippen LogP contribution in [-0.2, 0) is 0 Å². The molecular formula is C17H11Cl2NO. The molecule has 2 nitrogen and oxygen atoms in total. The van der Waals surface area contributed by atoms with Crippen molar-refractivity contribution in [3.05, 3.63) is 64.7 Å². The van der Waals surface area contributed by atoms with Crippen molar-refractivity contribution in [2.45, 2.75) is 6.92 Å². The van der Waals surface area contributed by atoms with Gasteiger partial charge in [-0.05, 0) is 30.7 Å². The van der Waals surface area contributed by atoms with E-state index < -0.39 is 5.24 Å². The summed E-state index contributed by atoms with van der Waals surface area (Å²) < 4.78 is 0. The summed E-state index contributed by atoms with van der Waals surface area (Å²) in [4.78, 5) is 16.4. The fraction of sp³-hybridized carbons (Fsp3) is 0.0588. The molecule has 0 aliphatic rings. The van der Waals surface area contributed by atoms with Gasteiger partial charge in [0.05, 0.1) is 21.8 Å². The Balaban J connectivity index is 2.41. The maximum absolute atomic E-state index is 11.8. The molecule has 0 bridgehead atoms. The molecule has 3 rings (SSSR count). The van der Waals surface area contributed by atoms with Gasteiger partial charge >= 0.3 is 0 Å². The Kier molecular flexibility index (Phi) is 3.66. The van der Waals surface area contributed by atoms with Crippen molar-refractivity contribution in [2.24, 2.45) is 0 Å². The molecule has 3 aromatic rings. The van der Waals surface area contributed by atoms with Gasteiger partial charge in [0.15, 0.2) is 0 Å². The van der Waals surface area contributed by atoms with Crippen LogP contribution in [0.2, 0.25) is 5.02 Å². The minimum Gasteiger partial charge on any atom is -0.275 e. The van der Waals surface area contributed by atoms with Crippen LogP contribution >= 0.6 is 23.2 Å². The van der Waals surface area contributed by atoms with E-state index in [0.717, 1.165) is 22.0 Å². The number of aromatic nitrogens is 1. The van der Waals surface area contributed by atoms with E-state index in [1.165, 1.54) is 0 Å². The number of benzene rings is 2. The highest BCUT2D eigenvalue weighted by Gasteiger charge is 2.19. The molecule has 0 spiro atoms. The zero-order valence-corrected chi connectivity index (χ0v) is 12.7. The Morgan fingerprint density at radius 2 is 1.81 bits per heavy atom. The number of fused-ring (bicyclic) bond motifs is 1. The molecule has 2 aromatic carbocycles. The number of halogens is 2. The third-order valence-corrected chi connectivity index (χ3v) is 3.90. The van der Waals surface area contributed by atoms with Crippen LogP contribution in [0.5, 0.6) is 0 Å². The van der Waals surface area contributed by atoms with Gasteiger partial charge < -0.3 is 0 Å². The number of carbonyl (C=O) groups is 1.